The molecule has 1 aromatic rings. The number of aromatic nitrogens is 3. The van der Waals surface area contributed by atoms with Crippen LogP contribution in [0, 0.1) is 11.3 Å². The Bertz CT molecular complexity index is 450. The highest BCUT2D eigenvalue weighted by molar-refractivity contribution is 5.76. The summed E-state index contributed by atoms with van der Waals surface area (Å²) >= 11 is 0. The average Bonchev–Trinajstić information content (AvgIpc) is 2.83. The Balaban J connectivity index is 1.69. The summed E-state index contributed by atoms with van der Waals surface area (Å²) in [6.45, 7) is 8.83. The van der Waals surface area contributed by atoms with Crippen LogP contribution in [0.2, 0.25) is 0 Å². The first-order chi connectivity index (χ1) is 10.5. The normalized spacial score (nSPS) is 20.0. The lowest BCUT2D eigenvalue weighted by Crippen LogP contribution is -2.32. The maximum Gasteiger partial charge on any atom is 0.222 e. The minimum atomic E-state index is 0.328. The first-order valence-corrected chi connectivity index (χ1v) is 8.59. The largest absolute Gasteiger partial charge is 0.343 e. The maximum atomic E-state index is 12.4. The van der Waals surface area contributed by atoms with E-state index in [4.69, 9.17) is 0 Å². The Morgan fingerprint density at radius 2 is 2.14 bits per heavy atom. The Labute approximate surface area is 133 Å². The summed E-state index contributed by atoms with van der Waals surface area (Å²) in [5, 5.41) is 10.4. The maximum absolute atomic E-state index is 12.4. The highest BCUT2D eigenvalue weighted by Crippen LogP contribution is 2.34. The van der Waals surface area contributed by atoms with E-state index in [2.05, 4.69) is 41.1 Å². The van der Waals surface area contributed by atoms with E-state index >= 15 is 0 Å². The number of nitrogens with zero attached hydrogens (tertiary/aromatic N) is 3. The number of hydrogen-bond donors (Lipinski definition) is 1. The lowest BCUT2D eigenvalue weighted by atomic mass is 9.77. The number of hydrogen-bond acceptors (Lipinski definition) is 3. The van der Waals surface area contributed by atoms with Crippen molar-refractivity contribution in [3.05, 3.63) is 11.9 Å². The molecule has 5 nitrogen and oxygen atoms in total. The number of H-pyrrole nitrogens is 1. The third-order valence-corrected chi connectivity index (χ3v) is 4.84. The molecule has 1 aromatic heterocycles. The van der Waals surface area contributed by atoms with Gasteiger partial charge in [0.25, 0.3) is 0 Å². The SMILES string of the molecule is CC(C)(C)[C@H]1CCCN(C(=O)CCCCc2cn[nH]n2)CC1. The second-order valence-electron chi connectivity index (χ2n) is 7.54. The third-order valence-electron chi connectivity index (χ3n) is 4.84. The third kappa shape index (κ3) is 5.11. The van der Waals surface area contributed by atoms with Gasteiger partial charge in [-0.2, -0.15) is 15.4 Å². The van der Waals surface area contributed by atoms with Gasteiger partial charge in [-0.25, -0.2) is 0 Å². The van der Waals surface area contributed by atoms with Gasteiger partial charge in [-0.1, -0.05) is 20.8 Å². The molecular formula is C17H30N4O. The molecule has 0 unspecified atom stereocenters. The smallest absolute Gasteiger partial charge is 0.222 e. The number of amides is 1. The molecule has 2 rings (SSSR count). The number of likely N-dealkylation sites (tertiary alicyclic amines) is 1. The van der Waals surface area contributed by atoms with Crippen LogP contribution >= 0.6 is 0 Å². The highest BCUT2D eigenvalue weighted by atomic mass is 16.2. The van der Waals surface area contributed by atoms with E-state index in [0.29, 0.717) is 17.7 Å². The number of aromatic amines is 1. The molecule has 0 bridgehead atoms. The second kappa shape index (κ2) is 7.75. The fraction of sp³-hybridized carbons (Fsp3) is 0.824. The van der Waals surface area contributed by atoms with Gasteiger partial charge in [0.05, 0.1) is 11.9 Å². The molecule has 1 aliphatic rings. The molecule has 1 fully saturated rings. The Kier molecular flexibility index (Phi) is 5.98. The molecule has 0 aliphatic carbocycles. The predicted octanol–water partition coefficient (Wildman–Crippen LogP) is 3.19. The van der Waals surface area contributed by atoms with Crippen molar-refractivity contribution < 1.29 is 4.79 Å². The highest BCUT2D eigenvalue weighted by Gasteiger charge is 2.28. The quantitative estimate of drug-likeness (QED) is 0.850. The summed E-state index contributed by atoms with van der Waals surface area (Å²) in [6, 6.07) is 0. The summed E-state index contributed by atoms with van der Waals surface area (Å²) in [7, 11) is 0. The molecule has 22 heavy (non-hydrogen) atoms. The molecule has 5 heteroatoms. The van der Waals surface area contributed by atoms with Crippen molar-refractivity contribution in [2.24, 2.45) is 11.3 Å². The molecule has 1 amide bonds. The van der Waals surface area contributed by atoms with Crippen molar-refractivity contribution in [2.45, 2.75) is 65.7 Å². The molecule has 1 atom stereocenters. The van der Waals surface area contributed by atoms with Crippen molar-refractivity contribution in [1.29, 1.82) is 0 Å². The van der Waals surface area contributed by atoms with E-state index in [1.165, 1.54) is 6.42 Å². The van der Waals surface area contributed by atoms with Crippen LogP contribution in [0.5, 0.6) is 0 Å². The minimum Gasteiger partial charge on any atom is -0.343 e. The molecule has 1 aliphatic heterocycles. The Hall–Kier alpha value is -1.39. The summed E-state index contributed by atoms with van der Waals surface area (Å²) in [6.07, 6.45) is 8.79. The molecule has 2 heterocycles. The minimum absolute atomic E-state index is 0.328. The molecule has 124 valence electrons. The Morgan fingerprint density at radius 3 is 2.82 bits per heavy atom. The zero-order valence-corrected chi connectivity index (χ0v) is 14.3. The van der Waals surface area contributed by atoms with Crippen LogP contribution in [0.3, 0.4) is 0 Å². The van der Waals surface area contributed by atoms with Gasteiger partial charge in [0.15, 0.2) is 0 Å². The standard InChI is InChI=1S/C17H30N4O/c1-17(2,3)14-7-6-11-21(12-10-14)16(22)9-5-4-8-15-13-18-20-19-15/h13-14H,4-12H2,1-3H3,(H,18,19,20)/t14-/m0/s1. The zero-order valence-electron chi connectivity index (χ0n) is 14.3. The molecule has 0 radical (unpaired) electrons. The van der Waals surface area contributed by atoms with E-state index in [1.54, 1.807) is 6.20 Å². The average molecular weight is 306 g/mol. The van der Waals surface area contributed by atoms with Gasteiger partial charge in [0.1, 0.15) is 0 Å². The lowest BCUT2D eigenvalue weighted by Gasteiger charge is -2.29. The van der Waals surface area contributed by atoms with Crippen LogP contribution in [0.25, 0.3) is 0 Å². The molecule has 1 saturated heterocycles. The van der Waals surface area contributed by atoms with Crippen molar-refractivity contribution >= 4 is 5.91 Å². The summed E-state index contributed by atoms with van der Waals surface area (Å²) in [5.74, 6) is 1.06. The number of carbonyl (C=O) groups excluding carboxylic acids is 1. The van der Waals surface area contributed by atoms with Crippen LogP contribution < -0.4 is 0 Å². The van der Waals surface area contributed by atoms with Gasteiger partial charge in [0, 0.05) is 19.5 Å². The fourth-order valence-corrected chi connectivity index (χ4v) is 3.30. The summed E-state index contributed by atoms with van der Waals surface area (Å²) in [5.41, 5.74) is 1.34. The molecular weight excluding hydrogens is 276 g/mol. The lowest BCUT2D eigenvalue weighted by molar-refractivity contribution is -0.131. The molecule has 0 saturated carbocycles. The topological polar surface area (TPSA) is 61.9 Å². The van der Waals surface area contributed by atoms with Crippen LogP contribution in [-0.4, -0.2) is 39.3 Å². The zero-order chi connectivity index (χ0) is 16.0. The van der Waals surface area contributed by atoms with E-state index < -0.39 is 0 Å². The van der Waals surface area contributed by atoms with E-state index in [-0.39, 0.29) is 0 Å². The van der Waals surface area contributed by atoms with E-state index in [9.17, 15) is 4.79 Å². The Morgan fingerprint density at radius 1 is 1.32 bits per heavy atom. The monoisotopic (exact) mass is 306 g/mol. The first kappa shape index (κ1) is 17.0. The van der Waals surface area contributed by atoms with Crippen LogP contribution in [0.4, 0.5) is 0 Å². The van der Waals surface area contributed by atoms with Crippen molar-refractivity contribution in [1.82, 2.24) is 20.3 Å². The van der Waals surface area contributed by atoms with Gasteiger partial charge in [-0.05, 0) is 49.9 Å². The molecule has 1 N–H and O–H groups in total. The van der Waals surface area contributed by atoms with Crippen LogP contribution in [0.1, 0.15) is 65.0 Å². The van der Waals surface area contributed by atoms with Gasteiger partial charge in [0.2, 0.25) is 5.91 Å². The van der Waals surface area contributed by atoms with Gasteiger partial charge >= 0.3 is 0 Å². The summed E-state index contributed by atoms with van der Waals surface area (Å²) in [4.78, 5) is 14.4. The first-order valence-electron chi connectivity index (χ1n) is 8.59. The number of aryl methyl sites for hydroxylation is 1. The second-order valence-corrected chi connectivity index (χ2v) is 7.54. The van der Waals surface area contributed by atoms with Crippen molar-refractivity contribution in [3.8, 4) is 0 Å². The van der Waals surface area contributed by atoms with Crippen LogP contribution in [-0.2, 0) is 11.2 Å². The van der Waals surface area contributed by atoms with Crippen molar-refractivity contribution in [3.63, 3.8) is 0 Å². The number of nitrogens with one attached hydrogen (secondary N) is 1. The van der Waals surface area contributed by atoms with E-state index in [1.807, 2.05) is 0 Å². The summed E-state index contributed by atoms with van der Waals surface area (Å²) < 4.78 is 0. The van der Waals surface area contributed by atoms with Crippen molar-refractivity contribution in [2.75, 3.05) is 13.1 Å². The van der Waals surface area contributed by atoms with Crippen LogP contribution in [0.15, 0.2) is 6.20 Å². The number of carbonyl (C=O) groups is 1. The predicted molar refractivity (Wildman–Crippen MR) is 87.3 cm³/mol. The fourth-order valence-electron chi connectivity index (χ4n) is 3.30. The molecule has 0 aromatic carbocycles. The number of unbranched alkanes of at least 4 members (excludes halogenated alkanes) is 1. The van der Waals surface area contributed by atoms with Gasteiger partial charge < -0.3 is 4.90 Å². The molecule has 0 spiro atoms. The van der Waals surface area contributed by atoms with Gasteiger partial charge in [-0.15, -0.1) is 0 Å². The van der Waals surface area contributed by atoms with Gasteiger partial charge in [-0.3, -0.25) is 4.79 Å². The van der Waals surface area contributed by atoms with E-state index in [0.717, 1.165) is 56.8 Å². The number of rotatable bonds is 5.